The van der Waals surface area contributed by atoms with Crippen molar-refractivity contribution in [3.05, 3.63) is 35.4 Å². The highest BCUT2D eigenvalue weighted by Gasteiger charge is 2.30. The zero-order chi connectivity index (χ0) is 13.7. The molecule has 0 aliphatic heterocycles. The molecule has 0 amide bonds. The summed E-state index contributed by atoms with van der Waals surface area (Å²) in [5.74, 6) is 0.784. The summed E-state index contributed by atoms with van der Waals surface area (Å²) >= 11 is 0. The van der Waals surface area contributed by atoms with Crippen molar-refractivity contribution in [3.63, 3.8) is 0 Å². The Morgan fingerprint density at radius 2 is 1.84 bits per heavy atom. The molecule has 2 heteroatoms. The Balaban J connectivity index is 1.68. The summed E-state index contributed by atoms with van der Waals surface area (Å²) < 4.78 is 0. The van der Waals surface area contributed by atoms with Crippen LogP contribution in [-0.4, -0.2) is 37.1 Å². The van der Waals surface area contributed by atoms with E-state index in [1.807, 2.05) is 0 Å². The molecule has 106 valence electrons. The van der Waals surface area contributed by atoms with Gasteiger partial charge >= 0.3 is 0 Å². The standard InChI is InChI=1S/C17H28N2/c1-4-19(5-2)11-10-18-16-12-15(13-16)17-9-7-6-8-14(17)3/h6-9,15-16,18H,4-5,10-13H2,1-3H3. The Hall–Kier alpha value is -0.860. The molecule has 0 aromatic heterocycles. The third-order valence-electron chi connectivity index (χ3n) is 4.52. The van der Waals surface area contributed by atoms with Gasteiger partial charge in [0.1, 0.15) is 0 Å². The van der Waals surface area contributed by atoms with Crippen LogP contribution in [0.25, 0.3) is 0 Å². The Morgan fingerprint density at radius 1 is 1.16 bits per heavy atom. The second-order valence-corrected chi connectivity index (χ2v) is 5.70. The van der Waals surface area contributed by atoms with Gasteiger partial charge in [-0.3, -0.25) is 0 Å². The second-order valence-electron chi connectivity index (χ2n) is 5.70. The van der Waals surface area contributed by atoms with Crippen LogP contribution in [0.3, 0.4) is 0 Å². The highest BCUT2D eigenvalue weighted by atomic mass is 15.1. The van der Waals surface area contributed by atoms with E-state index in [2.05, 4.69) is 55.3 Å². The summed E-state index contributed by atoms with van der Waals surface area (Å²) in [6.45, 7) is 11.3. The van der Waals surface area contributed by atoms with Gasteiger partial charge in [0.15, 0.2) is 0 Å². The summed E-state index contributed by atoms with van der Waals surface area (Å²) in [6.07, 6.45) is 2.62. The lowest BCUT2D eigenvalue weighted by Gasteiger charge is -2.37. The normalized spacial score (nSPS) is 22.5. The van der Waals surface area contributed by atoms with Gasteiger partial charge in [-0.05, 0) is 49.9 Å². The molecule has 0 spiro atoms. The number of hydrogen-bond acceptors (Lipinski definition) is 2. The number of nitrogens with one attached hydrogen (secondary N) is 1. The molecule has 19 heavy (non-hydrogen) atoms. The largest absolute Gasteiger partial charge is 0.313 e. The van der Waals surface area contributed by atoms with E-state index in [0.29, 0.717) is 0 Å². The zero-order valence-corrected chi connectivity index (χ0v) is 12.7. The van der Waals surface area contributed by atoms with Gasteiger partial charge < -0.3 is 10.2 Å². The first-order valence-corrected chi connectivity index (χ1v) is 7.75. The molecule has 2 rings (SSSR count). The average Bonchev–Trinajstić information content (AvgIpc) is 2.38. The summed E-state index contributed by atoms with van der Waals surface area (Å²) in [5, 5.41) is 3.70. The minimum absolute atomic E-state index is 0.736. The van der Waals surface area contributed by atoms with E-state index in [9.17, 15) is 0 Å². The van der Waals surface area contributed by atoms with Gasteiger partial charge in [-0.25, -0.2) is 0 Å². The highest BCUT2D eigenvalue weighted by molar-refractivity contribution is 5.31. The number of hydrogen-bond donors (Lipinski definition) is 1. The van der Waals surface area contributed by atoms with Crippen molar-refractivity contribution >= 4 is 0 Å². The molecule has 0 saturated heterocycles. The van der Waals surface area contributed by atoms with E-state index < -0.39 is 0 Å². The molecule has 0 atom stereocenters. The van der Waals surface area contributed by atoms with E-state index in [1.165, 1.54) is 24.9 Å². The van der Waals surface area contributed by atoms with E-state index in [4.69, 9.17) is 0 Å². The summed E-state index contributed by atoms with van der Waals surface area (Å²) in [5.41, 5.74) is 3.01. The van der Waals surface area contributed by atoms with Crippen LogP contribution in [0.2, 0.25) is 0 Å². The van der Waals surface area contributed by atoms with Crippen LogP contribution in [0.5, 0.6) is 0 Å². The SMILES string of the molecule is CCN(CC)CCNC1CC(c2ccccc2C)C1. The molecule has 1 saturated carbocycles. The van der Waals surface area contributed by atoms with Crippen LogP contribution in [0.1, 0.15) is 43.7 Å². The van der Waals surface area contributed by atoms with Crippen molar-refractivity contribution in [2.75, 3.05) is 26.2 Å². The lowest BCUT2D eigenvalue weighted by Crippen LogP contribution is -2.43. The maximum absolute atomic E-state index is 3.70. The first-order valence-electron chi connectivity index (χ1n) is 7.75. The van der Waals surface area contributed by atoms with Crippen LogP contribution in [0.4, 0.5) is 0 Å². The first-order chi connectivity index (χ1) is 9.24. The fraction of sp³-hybridized carbons (Fsp3) is 0.647. The fourth-order valence-corrected chi connectivity index (χ4v) is 3.05. The fourth-order valence-electron chi connectivity index (χ4n) is 3.05. The molecular weight excluding hydrogens is 232 g/mol. The Bertz CT molecular complexity index is 379. The molecule has 0 bridgehead atoms. The Labute approximate surface area is 118 Å². The van der Waals surface area contributed by atoms with Gasteiger partial charge in [0.2, 0.25) is 0 Å². The maximum Gasteiger partial charge on any atom is 0.0107 e. The molecule has 1 aliphatic carbocycles. The molecule has 0 unspecified atom stereocenters. The molecular formula is C17H28N2. The van der Waals surface area contributed by atoms with Gasteiger partial charge in [0, 0.05) is 19.1 Å². The topological polar surface area (TPSA) is 15.3 Å². The quantitative estimate of drug-likeness (QED) is 0.810. The van der Waals surface area contributed by atoms with Gasteiger partial charge in [0.25, 0.3) is 0 Å². The minimum atomic E-state index is 0.736. The first kappa shape index (κ1) is 14.5. The number of nitrogens with zero attached hydrogens (tertiary/aromatic N) is 1. The number of benzene rings is 1. The molecule has 1 aromatic carbocycles. The van der Waals surface area contributed by atoms with Crippen molar-refractivity contribution in [1.82, 2.24) is 10.2 Å². The third-order valence-corrected chi connectivity index (χ3v) is 4.52. The zero-order valence-electron chi connectivity index (χ0n) is 12.7. The van der Waals surface area contributed by atoms with Gasteiger partial charge in [-0.1, -0.05) is 38.1 Å². The molecule has 1 fully saturated rings. The number of likely N-dealkylation sites (N-methyl/N-ethyl adjacent to an activating group) is 1. The Kier molecular flexibility index (Phi) is 5.41. The van der Waals surface area contributed by atoms with Crippen LogP contribution in [-0.2, 0) is 0 Å². The summed E-state index contributed by atoms with van der Waals surface area (Å²) in [4.78, 5) is 2.48. The maximum atomic E-state index is 3.70. The van der Waals surface area contributed by atoms with Crippen molar-refractivity contribution in [2.45, 2.75) is 45.6 Å². The molecule has 0 radical (unpaired) electrons. The van der Waals surface area contributed by atoms with Crippen LogP contribution >= 0.6 is 0 Å². The summed E-state index contributed by atoms with van der Waals surface area (Å²) in [6, 6.07) is 9.57. The van der Waals surface area contributed by atoms with Gasteiger partial charge in [-0.2, -0.15) is 0 Å². The van der Waals surface area contributed by atoms with Crippen LogP contribution in [0.15, 0.2) is 24.3 Å². The minimum Gasteiger partial charge on any atom is -0.313 e. The van der Waals surface area contributed by atoms with E-state index in [1.54, 1.807) is 5.56 Å². The third kappa shape index (κ3) is 3.80. The lowest BCUT2D eigenvalue weighted by atomic mass is 9.74. The molecule has 1 aliphatic rings. The highest BCUT2D eigenvalue weighted by Crippen LogP contribution is 2.38. The predicted molar refractivity (Wildman–Crippen MR) is 82.7 cm³/mol. The smallest absolute Gasteiger partial charge is 0.0107 e. The van der Waals surface area contributed by atoms with Gasteiger partial charge in [-0.15, -0.1) is 0 Å². The number of rotatable bonds is 7. The monoisotopic (exact) mass is 260 g/mol. The van der Waals surface area contributed by atoms with E-state index >= 15 is 0 Å². The van der Waals surface area contributed by atoms with Gasteiger partial charge in [0.05, 0.1) is 0 Å². The molecule has 1 N–H and O–H groups in total. The van der Waals surface area contributed by atoms with Crippen molar-refractivity contribution in [1.29, 1.82) is 0 Å². The lowest BCUT2D eigenvalue weighted by molar-refractivity contribution is 0.255. The van der Waals surface area contributed by atoms with Crippen molar-refractivity contribution < 1.29 is 0 Å². The molecule has 2 nitrogen and oxygen atoms in total. The second kappa shape index (κ2) is 7.06. The predicted octanol–water partition coefficient (Wildman–Crippen LogP) is 3.17. The average molecular weight is 260 g/mol. The summed E-state index contributed by atoms with van der Waals surface area (Å²) in [7, 11) is 0. The molecule has 1 aromatic rings. The van der Waals surface area contributed by atoms with Crippen molar-refractivity contribution in [2.24, 2.45) is 0 Å². The number of aryl methyl sites for hydroxylation is 1. The van der Waals surface area contributed by atoms with E-state index in [0.717, 1.165) is 31.6 Å². The Morgan fingerprint density at radius 3 is 2.47 bits per heavy atom. The van der Waals surface area contributed by atoms with E-state index in [-0.39, 0.29) is 0 Å². The molecule has 0 heterocycles. The van der Waals surface area contributed by atoms with Crippen LogP contribution < -0.4 is 5.32 Å². The van der Waals surface area contributed by atoms with Crippen molar-refractivity contribution in [3.8, 4) is 0 Å². The van der Waals surface area contributed by atoms with Crippen LogP contribution in [0, 0.1) is 6.92 Å².